The van der Waals surface area contributed by atoms with E-state index in [9.17, 15) is 0 Å². The van der Waals surface area contributed by atoms with Crippen molar-refractivity contribution in [3.63, 3.8) is 0 Å². The molecule has 0 aliphatic heterocycles. The molecule has 0 saturated heterocycles. The molecule has 0 spiro atoms. The molecule has 0 fully saturated rings. The van der Waals surface area contributed by atoms with Gasteiger partial charge in [-0.1, -0.05) is 118 Å². The second-order valence-electron chi connectivity index (χ2n) is 10.2. The molecule has 3 aromatic rings. The Morgan fingerprint density at radius 3 is 1.71 bits per heavy atom. The standard InChI is InChI=1S/C34H42/c1-3-5-6-8-28-13-21-32(22-14-28)34-25-17-30(18-26-34)10-9-29-15-23-33(24-16-29)31-19-11-27(7-4-2)12-20-31/h11-15,17-23,25-26,29,33H,3-10,16,24H2,1-2H3. The Bertz CT molecular complexity index is 1010. The number of hydrogen-bond acceptors (Lipinski definition) is 0. The molecular weight excluding hydrogens is 408 g/mol. The van der Waals surface area contributed by atoms with Gasteiger partial charge in [0.15, 0.2) is 0 Å². The highest BCUT2D eigenvalue weighted by molar-refractivity contribution is 5.64. The van der Waals surface area contributed by atoms with Gasteiger partial charge in [-0.25, -0.2) is 0 Å². The monoisotopic (exact) mass is 450 g/mol. The molecule has 0 aromatic heterocycles. The van der Waals surface area contributed by atoms with E-state index in [1.807, 2.05) is 0 Å². The van der Waals surface area contributed by atoms with Crippen LogP contribution >= 0.6 is 0 Å². The predicted octanol–water partition coefficient (Wildman–Crippen LogP) is 9.72. The van der Waals surface area contributed by atoms with Gasteiger partial charge in [0.1, 0.15) is 0 Å². The first-order valence-electron chi connectivity index (χ1n) is 13.7. The zero-order valence-corrected chi connectivity index (χ0v) is 21.3. The molecule has 0 bridgehead atoms. The summed E-state index contributed by atoms with van der Waals surface area (Å²) in [4.78, 5) is 0. The lowest BCUT2D eigenvalue weighted by atomic mass is 9.82. The molecular formula is C34H42. The van der Waals surface area contributed by atoms with Gasteiger partial charge in [-0.15, -0.1) is 0 Å². The van der Waals surface area contributed by atoms with Crippen molar-refractivity contribution < 1.29 is 0 Å². The van der Waals surface area contributed by atoms with Crippen LogP contribution in [0.2, 0.25) is 0 Å². The van der Waals surface area contributed by atoms with Gasteiger partial charge in [0, 0.05) is 5.92 Å². The lowest BCUT2D eigenvalue weighted by molar-refractivity contribution is 0.482. The molecule has 0 heteroatoms. The van der Waals surface area contributed by atoms with Crippen LogP contribution in [-0.4, -0.2) is 0 Å². The fourth-order valence-corrected chi connectivity index (χ4v) is 5.27. The van der Waals surface area contributed by atoms with Crippen molar-refractivity contribution in [1.82, 2.24) is 0 Å². The summed E-state index contributed by atoms with van der Waals surface area (Å²) in [5.74, 6) is 1.32. The molecule has 4 rings (SSSR count). The molecule has 0 N–H and O–H groups in total. The highest BCUT2D eigenvalue weighted by atomic mass is 14.2. The molecule has 0 amide bonds. The fourth-order valence-electron chi connectivity index (χ4n) is 5.27. The van der Waals surface area contributed by atoms with Crippen molar-refractivity contribution in [1.29, 1.82) is 0 Å². The van der Waals surface area contributed by atoms with E-state index >= 15 is 0 Å². The number of hydrogen-bond donors (Lipinski definition) is 0. The van der Waals surface area contributed by atoms with E-state index in [2.05, 4.69) is 98.8 Å². The third-order valence-corrected chi connectivity index (χ3v) is 7.52. The van der Waals surface area contributed by atoms with E-state index in [1.54, 1.807) is 0 Å². The summed E-state index contributed by atoms with van der Waals surface area (Å²) in [6, 6.07) is 27.8. The maximum absolute atomic E-state index is 2.49. The lowest BCUT2D eigenvalue weighted by Gasteiger charge is -2.23. The minimum Gasteiger partial charge on any atom is -0.0848 e. The van der Waals surface area contributed by atoms with E-state index in [0.717, 1.165) is 5.92 Å². The van der Waals surface area contributed by atoms with Crippen LogP contribution in [0.25, 0.3) is 11.1 Å². The molecule has 1 aliphatic rings. The van der Waals surface area contributed by atoms with Gasteiger partial charge in [0.05, 0.1) is 0 Å². The Morgan fingerprint density at radius 1 is 0.559 bits per heavy atom. The number of allylic oxidation sites excluding steroid dienone is 2. The topological polar surface area (TPSA) is 0 Å². The molecule has 34 heavy (non-hydrogen) atoms. The molecule has 0 heterocycles. The first-order valence-corrected chi connectivity index (χ1v) is 13.7. The van der Waals surface area contributed by atoms with Crippen molar-refractivity contribution in [3.8, 4) is 11.1 Å². The van der Waals surface area contributed by atoms with E-state index < -0.39 is 0 Å². The summed E-state index contributed by atoms with van der Waals surface area (Å²) < 4.78 is 0. The molecule has 3 aromatic carbocycles. The fraction of sp³-hybridized carbons (Fsp3) is 0.412. The van der Waals surface area contributed by atoms with Crippen LogP contribution in [0.1, 0.15) is 87.0 Å². The van der Waals surface area contributed by atoms with Gasteiger partial charge in [-0.2, -0.15) is 0 Å². The highest BCUT2D eigenvalue weighted by Gasteiger charge is 2.17. The van der Waals surface area contributed by atoms with Crippen LogP contribution in [0.5, 0.6) is 0 Å². The first-order chi connectivity index (χ1) is 16.7. The van der Waals surface area contributed by atoms with Gasteiger partial charge in [-0.3, -0.25) is 0 Å². The van der Waals surface area contributed by atoms with E-state index in [-0.39, 0.29) is 0 Å². The maximum Gasteiger partial charge on any atom is 0.00182 e. The summed E-state index contributed by atoms with van der Waals surface area (Å²) in [6.07, 6.45) is 17.5. The largest absolute Gasteiger partial charge is 0.0848 e. The number of benzene rings is 3. The summed E-state index contributed by atoms with van der Waals surface area (Å²) in [7, 11) is 0. The van der Waals surface area contributed by atoms with Crippen LogP contribution in [0.15, 0.2) is 84.9 Å². The zero-order valence-electron chi connectivity index (χ0n) is 21.3. The quantitative estimate of drug-likeness (QED) is 0.201. The Labute approximate surface area is 208 Å². The van der Waals surface area contributed by atoms with Crippen LogP contribution < -0.4 is 0 Å². The predicted molar refractivity (Wildman–Crippen MR) is 148 cm³/mol. The summed E-state index contributed by atoms with van der Waals surface area (Å²) in [6.45, 7) is 4.52. The Hall–Kier alpha value is -2.60. The Balaban J connectivity index is 1.25. The highest BCUT2D eigenvalue weighted by Crippen LogP contribution is 2.32. The summed E-state index contributed by atoms with van der Waals surface area (Å²) in [5.41, 5.74) is 8.53. The van der Waals surface area contributed by atoms with Crippen LogP contribution in [0.4, 0.5) is 0 Å². The van der Waals surface area contributed by atoms with Crippen LogP contribution in [-0.2, 0) is 19.3 Å². The van der Waals surface area contributed by atoms with Gasteiger partial charge in [-0.05, 0) is 84.2 Å². The second-order valence-corrected chi connectivity index (χ2v) is 10.2. The second kappa shape index (κ2) is 12.7. The minimum atomic E-state index is 0.601. The number of unbranched alkanes of at least 4 members (excludes halogenated alkanes) is 2. The lowest BCUT2D eigenvalue weighted by Crippen LogP contribution is -2.08. The zero-order chi connectivity index (χ0) is 23.6. The van der Waals surface area contributed by atoms with Crippen LogP contribution in [0, 0.1) is 5.92 Å². The third kappa shape index (κ3) is 6.95. The SMILES string of the molecule is CCCCCc1ccc(-c2ccc(CCC3C=CC(c4ccc(CCC)cc4)CC3)cc2)cc1. The van der Waals surface area contributed by atoms with Gasteiger partial charge in [0.2, 0.25) is 0 Å². The normalized spacial score (nSPS) is 17.7. The number of rotatable bonds is 11. The number of aryl methyl sites for hydroxylation is 3. The van der Waals surface area contributed by atoms with Crippen molar-refractivity contribution >= 4 is 0 Å². The van der Waals surface area contributed by atoms with Gasteiger partial charge >= 0.3 is 0 Å². The van der Waals surface area contributed by atoms with E-state index in [0.29, 0.717) is 5.92 Å². The third-order valence-electron chi connectivity index (χ3n) is 7.52. The van der Waals surface area contributed by atoms with E-state index in [4.69, 9.17) is 0 Å². The average molecular weight is 451 g/mol. The molecule has 0 nitrogen and oxygen atoms in total. The maximum atomic E-state index is 2.49. The molecule has 0 radical (unpaired) electrons. The Morgan fingerprint density at radius 2 is 1.15 bits per heavy atom. The van der Waals surface area contributed by atoms with E-state index in [1.165, 1.54) is 97.6 Å². The van der Waals surface area contributed by atoms with Crippen molar-refractivity contribution in [3.05, 3.63) is 107 Å². The van der Waals surface area contributed by atoms with Gasteiger partial charge in [0.25, 0.3) is 0 Å². The summed E-state index contributed by atoms with van der Waals surface area (Å²) >= 11 is 0. The molecule has 2 atom stereocenters. The van der Waals surface area contributed by atoms with Crippen LogP contribution in [0.3, 0.4) is 0 Å². The van der Waals surface area contributed by atoms with Crippen molar-refractivity contribution in [2.45, 2.75) is 84.0 Å². The molecule has 2 unspecified atom stereocenters. The average Bonchev–Trinajstić information content (AvgIpc) is 2.89. The molecule has 178 valence electrons. The first kappa shape index (κ1) is 24.5. The smallest absolute Gasteiger partial charge is 0.00182 e. The summed E-state index contributed by atoms with van der Waals surface area (Å²) in [5, 5.41) is 0. The molecule has 0 saturated carbocycles. The Kier molecular flexibility index (Phi) is 9.19. The molecule has 1 aliphatic carbocycles. The minimum absolute atomic E-state index is 0.601. The van der Waals surface area contributed by atoms with Crippen molar-refractivity contribution in [2.24, 2.45) is 5.92 Å². The van der Waals surface area contributed by atoms with Crippen molar-refractivity contribution in [2.75, 3.05) is 0 Å². The van der Waals surface area contributed by atoms with Gasteiger partial charge < -0.3 is 0 Å².